The van der Waals surface area contributed by atoms with E-state index in [-0.39, 0.29) is 0 Å². The summed E-state index contributed by atoms with van der Waals surface area (Å²) in [5.41, 5.74) is -0.586. The zero-order valence-corrected chi connectivity index (χ0v) is 12.1. The highest BCUT2D eigenvalue weighted by Crippen LogP contribution is 2.35. The first kappa shape index (κ1) is 15.2. The van der Waals surface area contributed by atoms with Crippen molar-refractivity contribution in [1.82, 2.24) is 4.90 Å². The number of nitrogens with zero attached hydrogens (tertiary/aromatic N) is 1. The SMILES string of the molecule is CCOCCOCCC1(O)CC2COCC(C1)N2C. The van der Waals surface area contributed by atoms with Gasteiger partial charge in [-0.15, -0.1) is 0 Å². The Morgan fingerprint density at radius 1 is 1.16 bits per heavy atom. The summed E-state index contributed by atoms with van der Waals surface area (Å²) < 4.78 is 16.3. The fraction of sp³-hybridized carbons (Fsp3) is 1.00. The molecule has 0 amide bonds. The van der Waals surface area contributed by atoms with Gasteiger partial charge in [-0.25, -0.2) is 0 Å². The molecule has 0 aliphatic carbocycles. The van der Waals surface area contributed by atoms with Gasteiger partial charge < -0.3 is 19.3 Å². The molecule has 5 nitrogen and oxygen atoms in total. The third-order valence-electron chi connectivity index (χ3n) is 4.29. The molecule has 2 unspecified atom stereocenters. The van der Waals surface area contributed by atoms with Crippen molar-refractivity contribution in [2.24, 2.45) is 0 Å². The lowest BCUT2D eigenvalue weighted by atomic mass is 9.80. The Kier molecular flexibility index (Phi) is 5.59. The maximum absolute atomic E-state index is 10.7. The highest BCUT2D eigenvalue weighted by Gasteiger charge is 2.44. The van der Waals surface area contributed by atoms with E-state index in [9.17, 15) is 5.11 Å². The summed E-state index contributed by atoms with van der Waals surface area (Å²) in [7, 11) is 2.13. The molecule has 2 bridgehead atoms. The maximum Gasteiger partial charge on any atom is 0.0701 e. The van der Waals surface area contributed by atoms with Gasteiger partial charge in [-0.05, 0) is 33.2 Å². The van der Waals surface area contributed by atoms with Crippen molar-refractivity contribution in [3.8, 4) is 0 Å². The molecule has 2 aliphatic heterocycles. The van der Waals surface area contributed by atoms with Crippen LogP contribution in [-0.2, 0) is 14.2 Å². The van der Waals surface area contributed by atoms with Gasteiger partial charge in [0.25, 0.3) is 0 Å². The van der Waals surface area contributed by atoms with Gasteiger partial charge in [0, 0.05) is 25.3 Å². The fourth-order valence-corrected chi connectivity index (χ4v) is 3.07. The van der Waals surface area contributed by atoms with Gasteiger partial charge in [0.1, 0.15) is 0 Å². The average Bonchev–Trinajstić information content (AvgIpc) is 2.36. The third kappa shape index (κ3) is 4.13. The van der Waals surface area contributed by atoms with Crippen molar-refractivity contribution in [2.75, 3.05) is 46.7 Å². The summed E-state index contributed by atoms with van der Waals surface area (Å²) in [6.07, 6.45) is 2.28. The zero-order valence-electron chi connectivity index (χ0n) is 12.1. The molecule has 2 heterocycles. The fourth-order valence-electron chi connectivity index (χ4n) is 3.07. The predicted molar refractivity (Wildman–Crippen MR) is 72.3 cm³/mol. The molecular formula is C14H27NO4. The lowest BCUT2D eigenvalue weighted by Gasteiger charge is -2.50. The standard InChI is InChI=1S/C14H27NO4/c1-3-17-6-7-18-5-4-14(16)8-12-10-19-11-13(9-14)15(12)2/h12-13,16H,3-11H2,1-2H3. The molecule has 5 heteroatoms. The molecular weight excluding hydrogens is 246 g/mol. The molecule has 2 rings (SSSR count). The van der Waals surface area contributed by atoms with E-state index in [0.29, 0.717) is 38.3 Å². The van der Waals surface area contributed by atoms with E-state index in [1.54, 1.807) is 0 Å². The Hall–Kier alpha value is -0.200. The molecule has 0 radical (unpaired) electrons. The van der Waals surface area contributed by atoms with Crippen LogP contribution in [0, 0.1) is 0 Å². The van der Waals surface area contributed by atoms with E-state index >= 15 is 0 Å². The summed E-state index contributed by atoms with van der Waals surface area (Å²) in [6, 6.07) is 0.696. The first-order valence-corrected chi connectivity index (χ1v) is 7.32. The highest BCUT2D eigenvalue weighted by molar-refractivity contribution is 4.97. The first-order valence-electron chi connectivity index (χ1n) is 7.32. The minimum atomic E-state index is -0.586. The lowest BCUT2D eigenvalue weighted by Crippen LogP contribution is -2.60. The molecule has 1 N–H and O–H groups in total. The van der Waals surface area contributed by atoms with Crippen LogP contribution in [0.2, 0.25) is 0 Å². The second-order valence-electron chi connectivity index (χ2n) is 5.70. The van der Waals surface area contributed by atoms with E-state index in [0.717, 1.165) is 32.7 Å². The Bertz CT molecular complexity index is 260. The lowest BCUT2D eigenvalue weighted by molar-refractivity contribution is -0.141. The number of likely N-dealkylation sites (N-methyl/N-ethyl adjacent to an activating group) is 1. The summed E-state index contributed by atoms with van der Waals surface area (Å²) >= 11 is 0. The van der Waals surface area contributed by atoms with Gasteiger partial charge in [-0.3, -0.25) is 4.90 Å². The number of morpholine rings is 1. The van der Waals surface area contributed by atoms with Crippen molar-refractivity contribution in [3.05, 3.63) is 0 Å². The van der Waals surface area contributed by atoms with Crippen LogP contribution in [0.1, 0.15) is 26.2 Å². The average molecular weight is 273 g/mol. The number of rotatable bonds is 7. The Balaban J connectivity index is 1.70. The van der Waals surface area contributed by atoms with Crippen molar-refractivity contribution in [1.29, 1.82) is 0 Å². The quantitative estimate of drug-likeness (QED) is 0.690. The number of piperidine rings is 1. The van der Waals surface area contributed by atoms with Crippen molar-refractivity contribution < 1.29 is 19.3 Å². The molecule has 0 aromatic carbocycles. The molecule has 19 heavy (non-hydrogen) atoms. The normalized spacial score (nSPS) is 35.5. The van der Waals surface area contributed by atoms with Crippen LogP contribution in [0.15, 0.2) is 0 Å². The minimum absolute atomic E-state index is 0.348. The van der Waals surface area contributed by atoms with E-state index in [1.807, 2.05) is 6.92 Å². The van der Waals surface area contributed by atoms with Crippen molar-refractivity contribution in [2.45, 2.75) is 43.9 Å². The van der Waals surface area contributed by atoms with Crippen LogP contribution in [0.25, 0.3) is 0 Å². The monoisotopic (exact) mass is 273 g/mol. The van der Waals surface area contributed by atoms with Crippen LogP contribution in [0.3, 0.4) is 0 Å². The second-order valence-corrected chi connectivity index (χ2v) is 5.70. The molecule has 2 atom stereocenters. The molecule has 2 aliphatic rings. The van der Waals surface area contributed by atoms with Crippen molar-refractivity contribution >= 4 is 0 Å². The molecule has 0 spiro atoms. The van der Waals surface area contributed by atoms with Crippen LogP contribution >= 0.6 is 0 Å². The smallest absolute Gasteiger partial charge is 0.0701 e. The van der Waals surface area contributed by atoms with Crippen LogP contribution in [0.5, 0.6) is 0 Å². The first-order chi connectivity index (χ1) is 9.14. The largest absolute Gasteiger partial charge is 0.390 e. The predicted octanol–water partition coefficient (Wildman–Crippen LogP) is 0.654. The number of hydrogen-bond donors (Lipinski definition) is 1. The minimum Gasteiger partial charge on any atom is -0.390 e. The number of ether oxygens (including phenoxy) is 3. The van der Waals surface area contributed by atoms with Gasteiger partial charge in [-0.2, -0.15) is 0 Å². The van der Waals surface area contributed by atoms with Gasteiger partial charge >= 0.3 is 0 Å². The Morgan fingerprint density at radius 2 is 1.79 bits per heavy atom. The zero-order chi connectivity index (χ0) is 13.7. The van der Waals surface area contributed by atoms with E-state index in [2.05, 4.69) is 11.9 Å². The molecule has 112 valence electrons. The van der Waals surface area contributed by atoms with Crippen LogP contribution in [-0.4, -0.2) is 74.4 Å². The summed E-state index contributed by atoms with van der Waals surface area (Å²) in [6.45, 7) is 6.02. The summed E-state index contributed by atoms with van der Waals surface area (Å²) in [4.78, 5) is 2.36. The topological polar surface area (TPSA) is 51.2 Å². The molecule has 2 fully saturated rings. The number of fused-ring (bicyclic) bond motifs is 2. The molecule has 2 saturated heterocycles. The maximum atomic E-state index is 10.7. The molecule has 0 aromatic heterocycles. The van der Waals surface area contributed by atoms with Gasteiger partial charge in [0.15, 0.2) is 0 Å². The number of aliphatic hydroxyl groups is 1. The Morgan fingerprint density at radius 3 is 2.42 bits per heavy atom. The highest BCUT2D eigenvalue weighted by atomic mass is 16.5. The van der Waals surface area contributed by atoms with E-state index < -0.39 is 5.60 Å². The van der Waals surface area contributed by atoms with Crippen LogP contribution in [0.4, 0.5) is 0 Å². The van der Waals surface area contributed by atoms with Crippen molar-refractivity contribution in [3.63, 3.8) is 0 Å². The molecule has 0 saturated carbocycles. The van der Waals surface area contributed by atoms with E-state index in [4.69, 9.17) is 14.2 Å². The summed E-state index contributed by atoms with van der Waals surface area (Å²) in [5, 5.41) is 10.7. The third-order valence-corrected chi connectivity index (χ3v) is 4.29. The Labute approximate surface area is 115 Å². The van der Waals surface area contributed by atoms with Gasteiger partial charge in [0.05, 0.1) is 32.0 Å². The van der Waals surface area contributed by atoms with Gasteiger partial charge in [-0.1, -0.05) is 0 Å². The summed E-state index contributed by atoms with van der Waals surface area (Å²) in [5.74, 6) is 0. The van der Waals surface area contributed by atoms with Crippen LogP contribution < -0.4 is 0 Å². The molecule has 0 aromatic rings. The van der Waals surface area contributed by atoms with Gasteiger partial charge in [0.2, 0.25) is 0 Å². The second kappa shape index (κ2) is 6.99. The van der Waals surface area contributed by atoms with E-state index in [1.165, 1.54) is 0 Å². The number of hydrogen-bond acceptors (Lipinski definition) is 5.